The number of esters is 1. The smallest absolute Gasteiger partial charge is 0.339 e. The molecule has 0 aromatic heterocycles. The van der Waals surface area contributed by atoms with Crippen LogP contribution in [0.1, 0.15) is 38.8 Å². The first-order valence-corrected chi connectivity index (χ1v) is 8.40. The van der Waals surface area contributed by atoms with E-state index in [4.69, 9.17) is 4.74 Å². The van der Waals surface area contributed by atoms with E-state index in [9.17, 15) is 19.7 Å². The number of ketones is 1. The fourth-order valence-corrected chi connectivity index (χ4v) is 2.59. The molecule has 7 heteroatoms. The topological polar surface area (TPSA) is 89.8 Å². The summed E-state index contributed by atoms with van der Waals surface area (Å²) in [5.41, 5.74) is 2.66. The van der Waals surface area contributed by atoms with Gasteiger partial charge in [0, 0.05) is 25.7 Å². The highest BCUT2D eigenvalue weighted by Gasteiger charge is 2.23. The number of aryl methyl sites for hydroxylation is 2. The number of rotatable bonds is 6. The summed E-state index contributed by atoms with van der Waals surface area (Å²) in [6, 6.07) is 9.35. The van der Waals surface area contributed by atoms with Crippen LogP contribution in [0, 0.1) is 24.0 Å². The van der Waals surface area contributed by atoms with Crippen molar-refractivity contribution in [3.05, 3.63) is 68.8 Å². The van der Waals surface area contributed by atoms with Crippen molar-refractivity contribution < 1.29 is 19.2 Å². The Bertz CT molecular complexity index is 905. The van der Waals surface area contributed by atoms with Crippen LogP contribution in [0.5, 0.6) is 0 Å². The van der Waals surface area contributed by atoms with Gasteiger partial charge in [-0.2, -0.15) is 0 Å². The van der Waals surface area contributed by atoms with Gasteiger partial charge in [-0.05, 0) is 50.1 Å². The van der Waals surface area contributed by atoms with Gasteiger partial charge >= 0.3 is 5.97 Å². The molecule has 142 valence electrons. The summed E-state index contributed by atoms with van der Waals surface area (Å²) in [6.07, 6.45) is -1.01. The molecule has 0 unspecified atom stereocenters. The van der Waals surface area contributed by atoms with Gasteiger partial charge in [-0.1, -0.05) is 12.1 Å². The fourth-order valence-electron chi connectivity index (χ4n) is 2.59. The monoisotopic (exact) mass is 370 g/mol. The summed E-state index contributed by atoms with van der Waals surface area (Å²) in [5.74, 6) is -1.11. The highest BCUT2D eigenvalue weighted by molar-refractivity contribution is 6.01. The maximum Gasteiger partial charge on any atom is 0.339 e. The fraction of sp³-hybridized carbons (Fsp3) is 0.300. The zero-order valence-electron chi connectivity index (χ0n) is 16.0. The average Bonchev–Trinajstić information content (AvgIpc) is 2.62. The van der Waals surface area contributed by atoms with Crippen LogP contribution in [0.3, 0.4) is 0 Å². The van der Waals surface area contributed by atoms with Crippen molar-refractivity contribution in [2.45, 2.75) is 26.9 Å². The first-order chi connectivity index (χ1) is 12.6. The third-order valence-corrected chi connectivity index (χ3v) is 4.33. The Morgan fingerprint density at radius 3 is 2.22 bits per heavy atom. The number of benzene rings is 2. The van der Waals surface area contributed by atoms with Gasteiger partial charge in [0.2, 0.25) is 5.78 Å². The molecule has 0 aliphatic rings. The lowest BCUT2D eigenvalue weighted by Crippen LogP contribution is -2.24. The number of hydrogen-bond acceptors (Lipinski definition) is 6. The molecule has 0 N–H and O–H groups in total. The number of carbonyl (C=O) groups is 2. The van der Waals surface area contributed by atoms with Gasteiger partial charge in [0.25, 0.3) is 5.69 Å². The molecule has 0 aliphatic carbocycles. The summed E-state index contributed by atoms with van der Waals surface area (Å²) in [6.45, 7) is 5.32. The Hall–Kier alpha value is -3.22. The number of nitro benzene ring substituents is 1. The molecule has 0 amide bonds. The van der Waals surface area contributed by atoms with Gasteiger partial charge in [-0.3, -0.25) is 14.9 Å². The molecule has 0 heterocycles. The van der Waals surface area contributed by atoms with Crippen LogP contribution in [-0.4, -0.2) is 36.9 Å². The van der Waals surface area contributed by atoms with E-state index in [1.807, 2.05) is 19.9 Å². The van der Waals surface area contributed by atoms with Crippen molar-refractivity contribution >= 4 is 23.1 Å². The third kappa shape index (κ3) is 4.49. The van der Waals surface area contributed by atoms with Crippen LogP contribution >= 0.6 is 0 Å². The summed E-state index contributed by atoms with van der Waals surface area (Å²) in [4.78, 5) is 37.1. The van der Waals surface area contributed by atoms with Crippen molar-refractivity contribution in [1.29, 1.82) is 0 Å². The molecule has 0 radical (unpaired) electrons. The number of hydrogen-bond donors (Lipinski definition) is 0. The minimum Gasteiger partial charge on any atom is -0.451 e. The molecular formula is C20H22N2O5. The number of nitro groups is 1. The molecule has 27 heavy (non-hydrogen) atoms. The second-order valence-corrected chi connectivity index (χ2v) is 6.57. The minimum atomic E-state index is -1.01. The van der Waals surface area contributed by atoms with Gasteiger partial charge in [0.05, 0.1) is 10.5 Å². The van der Waals surface area contributed by atoms with Crippen molar-refractivity contribution in [3.8, 4) is 0 Å². The Balaban J connectivity index is 2.20. The van der Waals surface area contributed by atoms with Crippen LogP contribution in [-0.2, 0) is 4.74 Å². The molecule has 0 bridgehead atoms. The normalized spacial score (nSPS) is 11.6. The van der Waals surface area contributed by atoms with E-state index in [0.29, 0.717) is 11.3 Å². The maximum atomic E-state index is 12.5. The molecule has 2 aromatic rings. The molecule has 2 aromatic carbocycles. The summed E-state index contributed by atoms with van der Waals surface area (Å²) >= 11 is 0. The molecule has 7 nitrogen and oxygen atoms in total. The van der Waals surface area contributed by atoms with E-state index < -0.39 is 17.0 Å². The highest BCUT2D eigenvalue weighted by atomic mass is 16.6. The van der Waals surface area contributed by atoms with E-state index in [-0.39, 0.29) is 17.0 Å². The van der Waals surface area contributed by atoms with Crippen molar-refractivity contribution in [2.75, 3.05) is 19.0 Å². The number of nitrogens with zero attached hydrogens (tertiary/aromatic N) is 2. The van der Waals surface area contributed by atoms with Gasteiger partial charge in [0.15, 0.2) is 6.10 Å². The molecule has 0 saturated carbocycles. The van der Waals surface area contributed by atoms with E-state index in [0.717, 1.165) is 17.2 Å². The second-order valence-electron chi connectivity index (χ2n) is 6.57. The Morgan fingerprint density at radius 2 is 1.67 bits per heavy atom. The van der Waals surface area contributed by atoms with Crippen molar-refractivity contribution in [3.63, 3.8) is 0 Å². The molecule has 0 spiro atoms. The molecule has 0 saturated heterocycles. The third-order valence-electron chi connectivity index (χ3n) is 4.33. The van der Waals surface area contributed by atoms with Crippen LogP contribution in [0.4, 0.5) is 11.4 Å². The minimum absolute atomic E-state index is 0.0204. The number of carbonyl (C=O) groups excluding carboxylic acids is 2. The average molecular weight is 370 g/mol. The lowest BCUT2D eigenvalue weighted by atomic mass is 10.0. The summed E-state index contributed by atoms with van der Waals surface area (Å²) < 4.78 is 5.23. The second kappa shape index (κ2) is 7.99. The Morgan fingerprint density at radius 1 is 1.04 bits per heavy atom. The lowest BCUT2D eigenvalue weighted by Gasteiger charge is -2.15. The molecule has 1 atom stereocenters. The van der Waals surface area contributed by atoms with Gasteiger partial charge in [0.1, 0.15) is 5.69 Å². The summed E-state index contributed by atoms with van der Waals surface area (Å²) in [5, 5.41) is 11.2. The number of anilines is 1. The van der Waals surface area contributed by atoms with Gasteiger partial charge in [-0.25, -0.2) is 4.79 Å². The van der Waals surface area contributed by atoms with E-state index >= 15 is 0 Å². The SMILES string of the molecule is Cc1ccc(C(=O)[C@H](C)OC(=O)c2ccc(N(C)C)c([N+](=O)[O-])c2)cc1C. The largest absolute Gasteiger partial charge is 0.451 e. The zero-order valence-corrected chi connectivity index (χ0v) is 16.0. The number of ether oxygens (including phenoxy) is 1. The first-order valence-electron chi connectivity index (χ1n) is 8.40. The van der Waals surface area contributed by atoms with Crippen molar-refractivity contribution in [2.24, 2.45) is 0 Å². The van der Waals surface area contributed by atoms with Crippen LogP contribution in [0.15, 0.2) is 36.4 Å². The molecular weight excluding hydrogens is 348 g/mol. The predicted molar refractivity (Wildman–Crippen MR) is 103 cm³/mol. The van der Waals surface area contributed by atoms with E-state index in [1.54, 1.807) is 31.1 Å². The van der Waals surface area contributed by atoms with E-state index in [1.165, 1.54) is 19.1 Å². The quantitative estimate of drug-likeness (QED) is 0.333. The standard InChI is InChI=1S/C20H22N2O5/c1-12-6-7-15(10-13(12)2)19(23)14(3)27-20(24)16-8-9-17(21(4)5)18(11-16)22(25)26/h6-11,14H,1-5H3/t14-/m0/s1. The molecule has 0 fully saturated rings. The number of Topliss-reactive ketones (excluding diaryl/α,β-unsaturated/α-hetero) is 1. The molecule has 0 aliphatic heterocycles. The Labute approximate surface area is 157 Å². The van der Waals surface area contributed by atoms with Crippen molar-refractivity contribution in [1.82, 2.24) is 0 Å². The predicted octanol–water partition coefficient (Wildman–Crippen LogP) is 3.71. The zero-order chi connectivity index (χ0) is 20.3. The maximum absolute atomic E-state index is 12.5. The summed E-state index contributed by atoms with van der Waals surface area (Å²) in [7, 11) is 3.34. The first kappa shape index (κ1) is 20.1. The van der Waals surface area contributed by atoms with Crippen LogP contribution in [0.25, 0.3) is 0 Å². The van der Waals surface area contributed by atoms with Gasteiger partial charge < -0.3 is 9.64 Å². The van der Waals surface area contributed by atoms with Crippen LogP contribution < -0.4 is 4.90 Å². The highest BCUT2D eigenvalue weighted by Crippen LogP contribution is 2.28. The van der Waals surface area contributed by atoms with E-state index in [2.05, 4.69) is 0 Å². The van der Waals surface area contributed by atoms with Gasteiger partial charge in [-0.15, -0.1) is 0 Å². The Kier molecular flexibility index (Phi) is 5.95. The van der Waals surface area contributed by atoms with Crippen LogP contribution in [0.2, 0.25) is 0 Å². The lowest BCUT2D eigenvalue weighted by molar-refractivity contribution is -0.384. The molecule has 2 rings (SSSR count).